The Kier molecular flexibility index (Phi) is 5.11. The Balaban J connectivity index is 1.80. The molecule has 0 amide bonds. The first kappa shape index (κ1) is 17.7. The summed E-state index contributed by atoms with van der Waals surface area (Å²) in [5.41, 5.74) is 2.78. The lowest BCUT2D eigenvalue weighted by atomic mass is 9.96. The molecule has 0 aliphatic carbocycles. The second-order valence-electron chi connectivity index (χ2n) is 7.01. The molecule has 2 aliphatic heterocycles. The van der Waals surface area contributed by atoms with E-state index < -0.39 is 0 Å². The number of ether oxygens (including phenoxy) is 2. The van der Waals surface area contributed by atoms with Crippen molar-refractivity contribution in [1.82, 2.24) is 9.80 Å². The maximum atomic E-state index is 5.61. The maximum absolute atomic E-state index is 5.61. The molecule has 0 radical (unpaired) electrons. The van der Waals surface area contributed by atoms with Gasteiger partial charge in [0.05, 0.1) is 14.2 Å². The quantitative estimate of drug-likeness (QED) is 0.820. The predicted octanol–water partition coefficient (Wildman–Crippen LogP) is 3.70. The van der Waals surface area contributed by atoms with E-state index in [4.69, 9.17) is 9.47 Å². The van der Waals surface area contributed by atoms with E-state index in [1.807, 2.05) is 11.8 Å². The summed E-state index contributed by atoms with van der Waals surface area (Å²) >= 11 is 1.85. The molecule has 1 saturated heterocycles. The number of hydrogen-bond acceptors (Lipinski definition) is 5. The number of nitrogens with zero attached hydrogens (tertiary/aromatic N) is 2. The molecule has 1 fully saturated rings. The lowest BCUT2D eigenvalue weighted by molar-refractivity contribution is 0.109. The van der Waals surface area contributed by atoms with Crippen molar-refractivity contribution in [3.05, 3.63) is 47.5 Å². The summed E-state index contributed by atoms with van der Waals surface area (Å²) in [6.45, 7) is 4.44. The zero-order valence-corrected chi connectivity index (χ0v) is 16.5. The number of likely N-dealkylation sites (N-methyl/N-ethyl adjacent to an activating group) is 1. The Labute approximate surface area is 160 Å². The van der Waals surface area contributed by atoms with Crippen molar-refractivity contribution in [2.45, 2.75) is 22.3 Å². The maximum Gasteiger partial charge on any atom is 0.161 e. The Hall–Kier alpha value is -1.69. The van der Waals surface area contributed by atoms with Crippen LogP contribution in [0.25, 0.3) is 0 Å². The van der Waals surface area contributed by atoms with Crippen LogP contribution in [0.5, 0.6) is 11.5 Å². The summed E-state index contributed by atoms with van der Waals surface area (Å²) in [6, 6.07) is 13.5. The number of benzene rings is 2. The van der Waals surface area contributed by atoms with Crippen LogP contribution in [-0.4, -0.2) is 57.2 Å². The Morgan fingerprint density at radius 2 is 1.62 bits per heavy atom. The minimum Gasteiger partial charge on any atom is -0.493 e. The van der Waals surface area contributed by atoms with Gasteiger partial charge in [-0.25, -0.2) is 0 Å². The van der Waals surface area contributed by atoms with Gasteiger partial charge in [-0.2, -0.15) is 0 Å². The fourth-order valence-electron chi connectivity index (χ4n) is 3.89. The molecule has 1 unspecified atom stereocenters. The smallest absolute Gasteiger partial charge is 0.161 e. The van der Waals surface area contributed by atoms with E-state index in [2.05, 4.69) is 53.2 Å². The van der Waals surface area contributed by atoms with E-state index in [0.717, 1.165) is 44.1 Å². The average Bonchev–Trinajstić information content (AvgIpc) is 2.83. The van der Waals surface area contributed by atoms with Gasteiger partial charge in [0, 0.05) is 42.0 Å². The Bertz CT molecular complexity index is 788. The minimum atomic E-state index is 0.370. The molecule has 4 nitrogen and oxygen atoms in total. The highest BCUT2D eigenvalue weighted by Crippen LogP contribution is 2.46. The summed E-state index contributed by atoms with van der Waals surface area (Å²) in [4.78, 5) is 7.66. The van der Waals surface area contributed by atoms with Crippen LogP contribution in [0.1, 0.15) is 17.2 Å². The second kappa shape index (κ2) is 7.51. The van der Waals surface area contributed by atoms with Gasteiger partial charge < -0.3 is 14.4 Å². The molecule has 138 valence electrons. The first-order chi connectivity index (χ1) is 12.7. The molecule has 2 aliphatic rings. The molecule has 2 aromatic rings. The molecule has 0 N–H and O–H groups in total. The molecule has 0 spiro atoms. The van der Waals surface area contributed by atoms with Gasteiger partial charge in [0.1, 0.15) is 0 Å². The average molecular weight is 371 g/mol. The Morgan fingerprint density at radius 3 is 2.35 bits per heavy atom. The standard InChI is InChI=1S/C21H26N2O2S/c1-22-8-10-23(11-9-22)17-12-15-6-4-5-7-20(15)26-21-14-19(25-3)18(24-2)13-16(17)21/h4-7,13-14,17H,8-12H2,1-3H3. The molecule has 0 aromatic heterocycles. The van der Waals surface area contributed by atoms with Crippen molar-refractivity contribution in [2.24, 2.45) is 0 Å². The van der Waals surface area contributed by atoms with Crippen LogP contribution in [0.15, 0.2) is 46.2 Å². The highest BCUT2D eigenvalue weighted by Gasteiger charge is 2.30. The summed E-state index contributed by atoms with van der Waals surface area (Å²) in [5, 5.41) is 0. The van der Waals surface area contributed by atoms with Crippen molar-refractivity contribution in [3.63, 3.8) is 0 Å². The molecule has 0 bridgehead atoms. The molecular weight excluding hydrogens is 344 g/mol. The minimum absolute atomic E-state index is 0.370. The highest BCUT2D eigenvalue weighted by molar-refractivity contribution is 7.99. The van der Waals surface area contributed by atoms with Crippen LogP contribution in [0.3, 0.4) is 0 Å². The normalized spacial score (nSPS) is 20.8. The van der Waals surface area contributed by atoms with Gasteiger partial charge in [-0.1, -0.05) is 30.0 Å². The molecule has 2 heterocycles. The summed E-state index contributed by atoms with van der Waals surface area (Å²) in [6.07, 6.45) is 1.04. The lowest BCUT2D eigenvalue weighted by Gasteiger charge is -2.38. The summed E-state index contributed by atoms with van der Waals surface area (Å²) in [7, 11) is 5.63. The van der Waals surface area contributed by atoms with E-state index in [-0.39, 0.29) is 0 Å². The first-order valence-electron chi connectivity index (χ1n) is 9.14. The molecule has 5 heteroatoms. The van der Waals surface area contributed by atoms with Crippen molar-refractivity contribution >= 4 is 11.8 Å². The first-order valence-corrected chi connectivity index (χ1v) is 9.95. The van der Waals surface area contributed by atoms with Gasteiger partial charge in [-0.15, -0.1) is 0 Å². The monoisotopic (exact) mass is 370 g/mol. The van der Waals surface area contributed by atoms with E-state index in [9.17, 15) is 0 Å². The third-order valence-corrected chi connectivity index (χ3v) is 6.65. The van der Waals surface area contributed by atoms with Gasteiger partial charge in [0.2, 0.25) is 0 Å². The zero-order valence-electron chi connectivity index (χ0n) is 15.7. The van der Waals surface area contributed by atoms with Crippen molar-refractivity contribution in [3.8, 4) is 11.5 Å². The number of piperazine rings is 1. The SMILES string of the molecule is COc1cc2c(cc1OC)C(N1CCN(C)CC1)Cc1ccccc1S2. The topological polar surface area (TPSA) is 24.9 Å². The molecule has 0 saturated carbocycles. The molecule has 1 atom stereocenters. The number of hydrogen-bond donors (Lipinski definition) is 0. The molecule has 26 heavy (non-hydrogen) atoms. The van der Waals surface area contributed by atoms with Crippen LogP contribution in [0.2, 0.25) is 0 Å². The van der Waals surface area contributed by atoms with Crippen LogP contribution in [0, 0.1) is 0 Å². The van der Waals surface area contributed by atoms with Crippen LogP contribution in [-0.2, 0) is 6.42 Å². The van der Waals surface area contributed by atoms with Gasteiger partial charge in [0.25, 0.3) is 0 Å². The van der Waals surface area contributed by atoms with Crippen molar-refractivity contribution < 1.29 is 9.47 Å². The fraction of sp³-hybridized carbons (Fsp3) is 0.429. The number of methoxy groups -OCH3 is 2. The highest BCUT2D eigenvalue weighted by atomic mass is 32.2. The summed E-state index contributed by atoms with van der Waals surface area (Å²) in [5.74, 6) is 1.62. The summed E-state index contributed by atoms with van der Waals surface area (Å²) < 4.78 is 11.2. The zero-order chi connectivity index (χ0) is 18.1. The van der Waals surface area contributed by atoms with Crippen molar-refractivity contribution in [2.75, 3.05) is 47.4 Å². The van der Waals surface area contributed by atoms with Crippen LogP contribution in [0.4, 0.5) is 0 Å². The van der Waals surface area contributed by atoms with E-state index >= 15 is 0 Å². The van der Waals surface area contributed by atoms with E-state index in [0.29, 0.717) is 6.04 Å². The Morgan fingerprint density at radius 1 is 0.923 bits per heavy atom. The molecular formula is C21H26N2O2S. The van der Waals surface area contributed by atoms with Gasteiger partial charge in [-0.05, 0) is 42.8 Å². The largest absolute Gasteiger partial charge is 0.493 e. The van der Waals surface area contributed by atoms with Gasteiger partial charge in [0.15, 0.2) is 11.5 Å². The predicted molar refractivity (Wildman–Crippen MR) is 106 cm³/mol. The van der Waals surface area contributed by atoms with Crippen molar-refractivity contribution in [1.29, 1.82) is 0 Å². The molecule has 2 aromatic carbocycles. The van der Waals surface area contributed by atoms with E-state index in [1.165, 1.54) is 20.9 Å². The second-order valence-corrected chi connectivity index (χ2v) is 8.10. The molecule has 4 rings (SSSR count). The van der Waals surface area contributed by atoms with Gasteiger partial charge in [-0.3, -0.25) is 4.90 Å². The fourth-order valence-corrected chi connectivity index (χ4v) is 5.04. The third kappa shape index (κ3) is 3.31. The number of fused-ring (bicyclic) bond motifs is 2. The van der Waals surface area contributed by atoms with Crippen LogP contribution < -0.4 is 9.47 Å². The lowest BCUT2D eigenvalue weighted by Crippen LogP contribution is -2.46. The van der Waals surface area contributed by atoms with E-state index in [1.54, 1.807) is 14.2 Å². The van der Waals surface area contributed by atoms with Crippen LogP contribution >= 0.6 is 11.8 Å². The number of rotatable bonds is 3. The van der Waals surface area contributed by atoms with Gasteiger partial charge >= 0.3 is 0 Å². The third-order valence-electron chi connectivity index (χ3n) is 5.46.